The number of carbonyl (C=O) groups is 3. The standard InChI is InChI=1S/C19H23ClN2O5S/c1-19(2)14(18(26)27)22-16(25)13(17(22)28-19)21-15(24)12(23)8-7-10-3-5-11(9-20)6-4-10/h3-6,12-14,17,23H,7-9H2,1-2H3,(H,21,24)(H,26,27). The summed E-state index contributed by atoms with van der Waals surface area (Å²) in [5.41, 5.74) is 1.97. The zero-order valence-electron chi connectivity index (χ0n) is 15.6. The minimum Gasteiger partial charge on any atom is -0.480 e. The Morgan fingerprint density at radius 2 is 1.89 bits per heavy atom. The number of fused-ring (bicyclic) bond motifs is 1. The van der Waals surface area contributed by atoms with Crippen LogP contribution in [0.1, 0.15) is 31.4 Å². The van der Waals surface area contributed by atoms with Crippen LogP contribution < -0.4 is 5.32 Å². The fourth-order valence-corrected chi connectivity index (χ4v) is 5.43. The Bertz CT molecular complexity index is 785. The van der Waals surface area contributed by atoms with Gasteiger partial charge in [-0.2, -0.15) is 0 Å². The van der Waals surface area contributed by atoms with Gasteiger partial charge in [0.1, 0.15) is 23.6 Å². The van der Waals surface area contributed by atoms with E-state index in [2.05, 4.69) is 5.32 Å². The number of aliphatic carboxylic acids is 1. The molecule has 4 atom stereocenters. The average Bonchev–Trinajstić information content (AvgIpc) is 2.92. The third-order valence-corrected chi connectivity index (χ3v) is 7.04. The van der Waals surface area contributed by atoms with Crippen molar-refractivity contribution in [2.24, 2.45) is 0 Å². The van der Waals surface area contributed by atoms with Crippen LogP contribution in [0.25, 0.3) is 0 Å². The molecule has 0 saturated carbocycles. The van der Waals surface area contributed by atoms with Crippen LogP contribution in [-0.2, 0) is 26.7 Å². The molecule has 0 bridgehead atoms. The van der Waals surface area contributed by atoms with E-state index in [1.165, 1.54) is 16.7 Å². The molecular weight excluding hydrogens is 404 g/mol. The summed E-state index contributed by atoms with van der Waals surface area (Å²) in [5.74, 6) is -1.67. The van der Waals surface area contributed by atoms with Gasteiger partial charge in [0.2, 0.25) is 11.8 Å². The van der Waals surface area contributed by atoms with E-state index >= 15 is 0 Å². The van der Waals surface area contributed by atoms with Crippen molar-refractivity contribution in [3.8, 4) is 0 Å². The quantitative estimate of drug-likeness (QED) is 0.449. The summed E-state index contributed by atoms with van der Waals surface area (Å²) in [6.07, 6.45) is -0.518. The number of nitrogens with zero attached hydrogens (tertiary/aromatic N) is 1. The Hall–Kier alpha value is -1.77. The first-order valence-corrected chi connectivity index (χ1v) is 10.4. The van der Waals surface area contributed by atoms with Gasteiger partial charge in [-0.05, 0) is 37.8 Å². The summed E-state index contributed by atoms with van der Waals surface area (Å²) in [6.45, 7) is 3.54. The number of carbonyl (C=O) groups excluding carboxylic acids is 2. The Kier molecular flexibility index (Phi) is 5.93. The summed E-state index contributed by atoms with van der Waals surface area (Å²) >= 11 is 7.10. The van der Waals surface area contributed by atoms with Gasteiger partial charge in [0.05, 0.1) is 0 Å². The van der Waals surface area contributed by atoms with E-state index in [1.807, 2.05) is 24.3 Å². The second kappa shape index (κ2) is 7.93. The maximum Gasteiger partial charge on any atom is 0.327 e. The number of carboxylic acid groups (broad SMARTS) is 1. The molecule has 7 nitrogen and oxygen atoms in total. The normalized spacial score (nSPS) is 26.4. The lowest BCUT2D eigenvalue weighted by Crippen LogP contribution is -2.71. The zero-order valence-corrected chi connectivity index (χ0v) is 17.2. The highest BCUT2D eigenvalue weighted by atomic mass is 35.5. The maximum absolute atomic E-state index is 12.4. The lowest BCUT2D eigenvalue weighted by Gasteiger charge is -2.43. The number of carboxylic acids is 1. The molecule has 0 aliphatic carbocycles. The van der Waals surface area contributed by atoms with Gasteiger partial charge in [0, 0.05) is 10.6 Å². The van der Waals surface area contributed by atoms with Gasteiger partial charge in [-0.1, -0.05) is 24.3 Å². The van der Waals surface area contributed by atoms with E-state index in [9.17, 15) is 24.6 Å². The average molecular weight is 427 g/mol. The maximum atomic E-state index is 12.4. The molecule has 2 heterocycles. The van der Waals surface area contributed by atoms with Crippen molar-refractivity contribution in [2.75, 3.05) is 0 Å². The molecule has 2 aliphatic heterocycles. The number of alkyl halides is 1. The van der Waals surface area contributed by atoms with Crippen molar-refractivity contribution in [1.29, 1.82) is 0 Å². The van der Waals surface area contributed by atoms with Crippen LogP contribution in [0.3, 0.4) is 0 Å². The number of aliphatic hydroxyl groups is 1. The van der Waals surface area contributed by atoms with E-state index in [4.69, 9.17) is 11.6 Å². The van der Waals surface area contributed by atoms with Crippen LogP contribution in [0, 0.1) is 0 Å². The largest absolute Gasteiger partial charge is 0.480 e. The first-order chi connectivity index (χ1) is 13.2. The van der Waals surface area contributed by atoms with Crippen molar-refractivity contribution in [2.45, 2.75) is 60.9 Å². The van der Waals surface area contributed by atoms with E-state index in [1.54, 1.807) is 13.8 Å². The molecule has 2 aliphatic rings. The minimum absolute atomic E-state index is 0.220. The molecule has 2 saturated heterocycles. The predicted molar refractivity (Wildman–Crippen MR) is 106 cm³/mol. The monoisotopic (exact) mass is 426 g/mol. The van der Waals surface area contributed by atoms with Gasteiger partial charge >= 0.3 is 5.97 Å². The van der Waals surface area contributed by atoms with Gasteiger partial charge in [-0.25, -0.2) is 4.79 Å². The van der Waals surface area contributed by atoms with Crippen LogP contribution >= 0.6 is 23.4 Å². The first kappa shape index (κ1) is 21.0. The second-order valence-corrected chi connectivity index (χ2v) is 9.63. The summed E-state index contributed by atoms with van der Waals surface area (Å²) in [7, 11) is 0. The van der Waals surface area contributed by atoms with Crippen molar-refractivity contribution >= 4 is 41.1 Å². The van der Waals surface area contributed by atoms with Gasteiger partial charge in [-0.3, -0.25) is 9.59 Å². The van der Waals surface area contributed by atoms with E-state index in [0.29, 0.717) is 12.3 Å². The Labute approximate surface area is 172 Å². The zero-order chi connectivity index (χ0) is 20.6. The molecule has 1 aromatic rings. The van der Waals surface area contributed by atoms with Crippen LogP contribution in [0.15, 0.2) is 24.3 Å². The van der Waals surface area contributed by atoms with Crippen molar-refractivity contribution in [3.05, 3.63) is 35.4 Å². The molecule has 28 heavy (non-hydrogen) atoms. The van der Waals surface area contributed by atoms with E-state index in [0.717, 1.165) is 11.1 Å². The van der Waals surface area contributed by atoms with Crippen molar-refractivity contribution in [3.63, 3.8) is 0 Å². The topological polar surface area (TPSA) is 107 Å². The van der Waals surface area contributed by atoms with Crippen molar-refractivity contribution < 1.29 is 24.6 Å². The van der Waals surface area contributed by atoms with Gasteiger partial charge in [0.25, 0.3) is 0 Å². The lowest BCUT2D eigenvalue weighted by molar-refractivity contribution is -0.161. The molecule has 3 N–H and O–H groups in total. The van der Waals surface area contributed by atoms with Gasteiger partial charge in [0.15, 0.2) is 0 Å². The van der Waals surface area contributed by atoms with Crippen LogP contribution in [0.5, 0.6) is 0 Å². The molecule has 1 aromatic carbocycles. The third-order valence-electron chi connectivity index (χ3n) is 5.16. The summed E-state index contributed by atoms with van der Waals surface area (Å²) in [4.78, 5) is 37.5. The summed E-state index contributed by atoms with van der Waals surface area (Å²) in [6, 6.07) is 5.86. The number of benzene rings is 1. The third kappa shape index (κ3) is 3.86. The number of nitrogens with one attached hydrogen (secondary N) is 1. The first-order valence-electron chi connectivity index (χ1n) is 9.00. The highest BCUT2D eigenvalue weighted by Gasteiger charge is 2.64. The summed E-state index contributed by atoms with van der Waals surface area (Å²) in [5, 5.41) is 21.7. The number of aliphatic hydroxyl groups excluding tert-OH is 1. The van der Waals surface area contributed by atoms with Crippen LogP contribution in [-0.4, -0.2) is 61.2 Å². The fourth-order valence-electron chi connectivity index (χ4n) is 3.62. The van der Waals surface area contributed by atoms with E-state index < -0.39 is 46.1 Å². The van der Waals surface area contributed by atoms with Gasteiger partial charge < -0.3 is 20.4 Å². The number of thioether (sulfide) groups is 1. The number of halogens is 1. The molecule has 4 unspecified atom stereocenters. The SMILES string of the molecule is CC1(C)SC2C(NC(=O)C(O)CCc3ccc(CCl)cc3)C(=O)N2C1C(=O)O. The second-order valence-electron chi connectivity index (χ2n) is 7.59. The summed E-state index contributed by atoms with van der Waals surface area (Å²) < 4.78 is -0.653. The number of aryl methyl sites for hydroxylation is 1. The smallest absolute Gasteiger partial charge is 0.327 e. The number of hydrogen-bond acceptors (Lipinski definition) is 5. The molecule has 3 rings (SSSR count). The Morgan fingerprint density at radius 3 is 2.46 bits per heavy atom. The van der Waals surface area contributed by atoms with Crippen LogP contribution in [0.2, 0.25) is 0 Å². The molecule has 9 heteroatoms. The van der Waals surface area contributed by atoms with Crippen LogP contribution in [0.4, 0.5) is 0 Å². The Morgan fingerprint density at radius 1 is 1.29 bits per heavy atom. The van der Waals surface area contributed by atoms with E-state index in [-0.39, 0.29) is 6.42 Å². The molecule has 0 spiro atoms. The molecule has 0 aromatic heterocycles. The lowest BCUT2D eigenvalue weighted by atomic mass is 9.96. The molecule has 2 amide bonds. The Balaban J connectivity index is 1.55. The molecule has 152 valence electrons. The van der Waals surface area contributed by atoms with Crippen molar-refractivity contribution in [1.82, 2.24) is 10.2 Å². The predicted octanol–water partition coefficient (Wildman–Crippen LogP) is 1.35. The highest BCUT2D eigenvalue weighted by Crippen LogP contribution is 2.50. The fraction of sp³-hybridized carbons (Fsp3) is 0.526. The molecule has 2 fully saturated rings. The number of β-lactam (4-membered cyclic amide) rings is 1. The van der Waals surface area contributed by atoms with Gasteiger partial charge in [-0.15, -0.1) is 23.4 Å². The number of hydrogen-bond donors (Lipinski definition) is 3. The highest BCUT2D eigenvalue weighted by molar-refractivity contribution is 8.01. The molecule has 0 radical (unpaired) electrons. The number of rotatable bonds is 7. The molecular formula is C19H23ClN2O5S. The minimum atomic E-state index is -1.25. The number of amides is 2.